The molecule has 0 spiro atoms. The Bertz CT molecular complexity index is 227. The number of amides is 1. The number of carbonyl (C=O) groups excluding carboxylic acids is 1. The zero-order valence-corrected chi connectivity index (χ0v) is 11.2. The number of hydrogen-bond acceptors (Lipinski definition) is 4. The first-order valence-electron chi connectivity index (χ1n) is 5.28. The quantitative estimate of drug-likeness (QED) is 0.787. The number of nitrogens with two attached hydrogens (primary N) is 1. The van der Waals surface area contributed by atoms with E-state index >= 15 is 0 Å². The molecule has 5 heteroatoms. The predicted octanol–water partition coefficient (Wildman–Crippen LogP) is 1.28. The first-order chi connectivity index (χ1) is 7.03. The van der Waals surface area contributed by atoms with Crippen molar-refractivity contribution in [2.24, 2.45) is 11.7 Å². The highest BCUT2D eigenvalue weighted by Gasteiger charge is 2.47. The minimum Gasteiger partial charge on any atom is -0.357 e. The number of carbonyl (C=O) groups is 1. The van der Waals surface area contributed by atoms with Gasteiger partial charge in [-0.3, -0.25) is 4.79 Å². The summed E-state index contributed by atoms with van der Waals surface area (Å²) < 4.78 is -0.445. The molecule has 1 rings (SSSR count). The standard InChI is InChI=1S/C10H20N2OS2/c1-7(2)6-8(11)10(9(13)12-3)14-4-5-15-10/h7-8H,4-6,11H2,1-3H3,(H,12,13)/t8-/m0/s1. The Morgan fingerprint density at radius 3 is 2.40 bits per heavy atom. The Morgan fingerprint density at radius 1 is 1.47 bits per heavy atom. The summed E-state index contributed by atoms with van der Waals surface area (Å²) in [4.78, 5) is 11.9. The Balaban J connectivity index is 2.76. The molecule has 1 amide bonds. The van der Waals surface area contributed by atoms with Gasteiger partial charge in [-0.05, 0) is 12.3 Å². The molecule has 0 saturated carbocycles. The summed E-state index contributed by atoms with van der Waals surface area (Å²) in [7, 11) is 1.69. The number of rotatable bonds is 4. The van der Waals surface area contributed by atoms with Crippen LogP contribution in [-0.4, -0.2) is 34.6 Å². The van der Waals surface area contributed by atoms with Crippen LogP contribution in [0.3, 0.4) is 0 Å². The Hall–Kier alpha value is 0.130. The van der Waals surface area contributed by atoms with E-state index in [1.165, 1.54) is 0 Å². The van der Waals surface area contributed by atoms with Crippen molar-refractivity contribution in [3.8, 4) is 0 Å². The van der Waals surface area contributed by atoms with Gasteiger partial charge in [0.2, 0.25) is 5.91 Å². The predicted molar refractivity (Wildman–Crippen MR) is 69.1 cm³/mol. The van der Waals surface area contributed by atoms with Crippen molar-refractivity contribution in [1.29, 1.82) is 0 Å². The van der Waals surface area contributed by atoms with Gasteiger partial charge in [-0.15, -0.1) is 23.5 Å². The average Bonchev–Trinajstić information content (AvgIpc) is 2.65. The summed E-state index contributed by atoms with van der Waals surface area (Å²) >= 11 is 3.40. The lowest BCUT2D eigenvalue weighted by atomic mass is 10.0. The molecule has 1 atom stereocenters. The Morgan fingerprint density at radius 2 is 2.00 bits per heavy atom. The lowest BCUT2D eigenvalue weighted by molar-refractivity contribution is -0.121. The summed E-state index contributed by atoms with van der Waals surface area (Å²) in [6.45, 7) is 4.28. The Kier molecular flexibility index (Phi) is 4.80. The minimum absolute atomic E-state index is 0.0602. The van der Waals surface area contributed by atoms with Crippen LogP contribution in [0.15, 0.2) is 0 Å². The molecule has 0 unspecified atom stereocenters. The summed E-state index contributed by atoms with van der Waals surface area (Å²) in [6, 6.07) is -0.0602. The zero-order valence-electron chi connectivity index (χ0n) is 9.58. The average molecular weight is 248 g/mol. The molecule has 88 valence electrons. The summed E-state index contributed by atoms with van der Waals surface area (Å²) in [5, 5.41) is 2.74. The second kappa shape index (κ2) is 5.46. The van der Waals surface area contributed by atoms with Gasteiger partial charge >= 0.3 is 0 Å². The molecule has 0 radical (unpaired) electrons. The van der Waals surface area contributed by atoms with Crippen molar-refractivity contribution in [2.45, 2.75) is 30.4 Å². The first-order valence-corrected chi connectivity index (χ1v) is 7.25. The third-order valence-electron chi connectivity index (χ3n) is 2.47. The van der Waals surface area contributed by atoms with Gasteiger partial charge in [-0.25, -0.2) is 0 Å². The monoisotopic (exact) mass is 248 g/mol. The van der Waals surface area contributed by atoms with Gasteiger partial charge in [0.1, 0.15) is 0 Å². The normalized spacial score (nSPS) is 21.7. The van der Waals surface area contributed by atoms with Crippen molar-refractivity contribution in [3.05, 3.63) is 0 Å². The summed E-state index contributed by atoms with van der Waals surface area (Å²) in [5.74, 6) is 2.64. The van der Waals surface area contributed by atoms with Crippen LogP contribution >= 0.6 is 23.5 Å². The van der Waals surface area contributed by atoms with Crippen LogP contribution in [-0.2, 0) is 4.79 Å². The molecule has 1 fully saturated rings. The van der Waals surface area contributed by atoms with E-state index in [-0.39, 0.29) is 11.9 Å². The third-order valence-corrected chi connectivity index (χ3v) is 6.09. The SMILES string of the molecule is CNC(=O)C1([C@@H](N)CC(C)C)SCCS1. The number of hydrogen-bond donors (Lipinski definition) is 2. The van der Waals surface area contributed by atoms with Crippen LogP contribution in [0.25, 0.3) is 0 Å². The van der Waals surface area contributed by atoms with E-state index in [2.05, 4.69) is 19.2 Å². The van der Waals surface area contributed by atoms with Crippen LogP contribution in [0.1, 0.15) is 20.3 Å². The molecule has 1 aliphatic heterocycles. The fourth-order valence-corrected chi connectivity index (χ4v) is 4.97. The lowest BCUT2D eigenvalue weighted by Crippen LogP contribution is -2.52. The molecule has 0 bridgehead atoms. The molecular weight excluding hydrogens is 228 g/mol. The van der Waals surface area contributed by atoms with Crippen molar-refractivity contribution in [2.75, 3.05) is 18.6 Å². The molecule has 15 heavy (non-hydrogen) atoms. The van der Waals surface area contributed by atoms with Gasteiger partial charge in [0.05, 0.1) is 0 Å². The number of thioether (sulfide) groups is 2. The summed E-state index contributed by atoms with van der Waals surface area (Å²) in [6.07, 6.45) is 0.896. The molecular formula is C10H20N2OS2. The van der Waals surface area contributed by atoms with E-state index in [0.717, 1.165) is 17.9 Å². The Labute approximate surface area is 100 Å². The van der Waals surface area contributed by atoms with E-state index in [1.54, 1.807) is 30.6 Å². The highest BCUT2D eigenvalue weighted by Crippen LogP contribution is 2.47. The van der Waals surface area contributed by atoms with Gasteiger partial charge in [0.15, 0.2) is 4.08 Å². The van der Waals surface area contributed by atoms with E-state index < -0.39 is 4.08 Å². The van der Waals surface area contributed by atoms with Crippen molar-refractivity contribution in [1.82, 2.24) is 5.32 Å². The molecule has 3 N–H and O–H groups in total. The molecule has 0 aromatic rings. The largest absolute Gasteiger partial charge is 0.357 e. The molecule has 1 saturated heterocycles. The van der Waals surface area contributed by atoms with Gasteiger partial charge in [0, 0.05) is 24.6 Å². The molecule has 1 aliphatic rings. The van der Waals surface area contributed by atoms with Crippen LogP contribution in [0.4, 0.5) is 0 Å². The third kappa shape index (κ3) is 2.82. The minimum atomic E-state index is -0.445. The van der Waals surface area contributed by atoms with Gasteiger partial charge < -0.3 is 11.1 Å². The highest BCUT2D eigenvalue weighted by atomic mass is 32.2. The van der Waals surface area contributed by atoms with Gasteiger partial charge in [-0.2, -0.15) is 0 Å². The molecule has 1 heterocycles. The first kappa shape index (κ1) is 13.2. The van der Waals surface area contributed by atoms with E-state index in [1.807, 2.05) is 0 Å². The van der Waals surface area contributed by atoms with Crippen LogP contribution < -0.4 is 11.1 Å². The maximum Gasteiger partial charge on any atom is 0.247 e. The zero-order chi connectivity index (χ0) is 11.5. The van der Waals surface area contributed by atoms with Crippen LogP contribution in [0, 0.1) is 5.92 Å². The smallest absolute Gasteiger partial charge is 0.247 e. The molecule has 3 nitrogen and oxygen atoms in total. The second-order valence-electron chi connectivity index (χ2n) is 4.18. The maximum atomic E-state index is 11.9. The fraction of sp³-hybridized carbons (Fsp3) is 0.900. The molecule has 0 aliphatic carbocycles. The molecule has 0 aromatic heterocycles. The van der Waals surface area contributed by atoms with Crippen molar-refractivity contribution in [3.63, 3.8) is 0 Å². The van der Waals surface area contributed by atoms with Gasteiger partial charge in [0.25, 0.3) is 0 Å². The van der Waals surface area contributed by atoms with Crippen LogP contribution in [0.2, 0.25) is 0 Å². The second-order valence-corrected chi connectivity index (χ2v) is 7.12. The van der Waals surface area contributed by atoms with E-state index in [9.17, 15) is 4.79 Å². The topological polar surface area (TPSA) is 55.1 Å². The van der Waals surface area contributed by atoms with E-state index in [4.69, 9.17) is 5.73 Å². The van der Waals surface area contributed by atoms with Crippen LogP contribution in [0.5, 0.6) is 0 Å². The van der Waals surface area contributed by atoms with Crippen molar-refractivity contribution < 1.29 is 4.79 Å². The molecule has 0 aromatic carbocycles. The highest BCUT2D eigenvalue weighted by molar-refractivity contribution is 8.22. The van der Waals surface area contributed by atoms with E-state index in [0.29, 0.717) is 5.92 Å². The van der Waals surface area contributed by atoms with Crippen molar-refractivity contribution >= 4 is 29.4 Å². The van der Waals surface area contributed by atoms with Gasteiger partial charge in [-0.1, -0.05) is 13.8 Å². The fourth-order valence-electron chi connectivity index (χ4n) is 1.78. The summed E-state index contributed by atoms with van der Waals surface area (Å²) in [5.41, 5.74) is 6.19. The lowest BCUT2D eigenvalue weighted by Gasteiger charge is -2.32. The maximum absolute atomic E-state index is 11.9. The number of nitrogens with one attached hydrogen (secondary N) is 1.